The maximum atomic E-state index is 12.3. The average molecular weight is 280 g/mol. The lowest BCUT2D eigenvalue weighted by Crippen LogP contribution is -2.55. The number of Topliss-reactive ketones (excluding diaryl/α,β-unsaturated/α-hetero) is 1. The van der Waals surface area contributed by atoms with Crippen molar-refractivity contribution < 1.29 is 19.1 Å². The van der Waals surface area contributed by atoms with E-state index >= 15 is 0 Å². The molecule has 4 aliphatic rings. The van der Waals surface area contributed by atoms with Gasteiger partial charge in [-0.3, -0.25) is 9.59 Å². The first-order chi connectivity index (χ1) is 9.45. The molecular formula is C16H24O4. The Kier molecular flexibility index (Phi) is 3.61. The minimum Gasteiger partial charge on any atom is -0.436 e. The first-order valence-electron chi connectivity index (χ1n) is 7.85. The summed E-state index contributed by atoms with van der Waals surface area (Å²) in [4.78, 5) is 23.9. The van der Waals surface area contributed by atoms with Crippen molar-refractivity contribution in [2.45, 2.75) is 58.8 Å². The smallest absolute Gasteiger partial charge is 0.310 e. The fourth-order valence-electron chi connectivity index (χ4n) is 4.33. The maximum absolute atomic E-state index is 12.3. The van der Waals surface area contributed by atoms with Gasteiger partial charge in [0.05, 0.1) is 12.0 Å². The number of ether oxygens (including phenoxy) is 2. The van der Waals surface area contributed by atoms with Gasteiger partial charge < -0.3 is 9.47 Å². The molecule has 0 spiro atoms. The van der Waals surface area contributed by atoms with E-state index in [1.807, 2.05) is 0 Å². The number of ketones is 1. The van der Waals surface area contributed by atoms with Crippen LogP contribution in [0.4, 0.5) is 0 Å². The Morgan fingerprint density at radius 1 is 1.15 bits per heavy atom. The summed E-state index contributed by atoms with van der Waals surface area (Å²) in [7, 11) is 0. The quantitative estimate of drug-likeness (QED) is 0.586. The molecule has 0 saturated heterocycles. The van der Waals surface area contributed by atoms with Crippen LogP contribution in [0, 0.1) is 29.6 Å². The minimum atomic E-state index is -0.555. The summed E-state index contributed by atoms with van der Waals surface area (Å²) >= 11 is 0. The predicted molar refractivity (Wildman–Crippen MR) is 72.7 cm³/mol. The Labute approximate surface area is 120 Å². The van der Waals surface area contributed by atoms with Crippen molar-refractivity contribution in [3.05, 3.63) is 0 Å². The van der Waals surface area contributed by atoms with Crippen molar-refractivity contribution in [3.8, 4) is 0 Å². The average Bonchev–Trinajstić information content (AvgIpc) is 2.38. The van der Waals surface area contributed by atoms with E-state index in [1.54, 1.807) is 20.8 Å². The zero-order valence-corrected chi connectivity index (χ0v) is 12.5. The SMILES string of the molecule is CC(OC(=O)C(C)C)OC1C2CC3CC(C2)C(=O)C1C3. The van der Waals surface area contributed by atoms with Gasteiger partial charge in [0.2, 0.25) is 0 Å². The van der Waals surface area contributed by atoms with Crippen LogP contribution < -0.4 is 0 Å². The van der Waals surface area contributed by atoms with Gasteiger partial charge in [-0.25, -0.2) is 0 Å². The molecule has 4 rings (SSSR count). The van der Waals surface area contributed by atoms with Gasteiger partial charge in [0.15, 0.2) is 6.29 Å². The molecule has 4 saturated carbocycles. The minimum absolute atomic E-state index is 0.0368. The molecule has 4 aliphatic carbocycles. The Morgan fingerprint density at radius 3 is 2.60 bits per heavy atom. The molecule has 0 aromatic carbocycles. The van der Waals surface area contributed by atoms with Crippen molar-refractivity contribution in [1.82, 2.24) is 0 Å². The first-order valence-corrected chi connectivity index (χ1v) is 7.85. The van der Waals surface area contributed by atoms with E-state index in [2.05, 4.69) is 0 Å². The van der Waals surface area contributed by atoms with Crippen LogP contribution in [0.5, 0.6) is 0 Å². The fourth-order valence-corrected chi connectivity index (χ4v) is 4.33. The van der Waals surface area contributed by atoms with Crippen LogP contribution in [0.3, 0.4) is 0 Å². The largest absolute Gasteiger partial charge is 0.436 e. The van der Waals surface area contributed by atoms with Gasteiger partial charge in [0.25, 0.3) is 0 Å². The van der Waals surface area contributed by atoms with Gasteiger partial charge >= 0.3 is 5.97 Å². The normalized spacial score (nSPS) is 40.2. The molecule has 4 fully saturated rings. The Bertz CT molecular complexity index is 417. The molecule has 0 aromatic rings. The lowest BCUT2D eigenvalue weighted by molar-refractivity contribution is -0.217. The van der Waals surface area contributed by atoms with E-state index in [0.717, 1.165) is 25.2 Å². The molecule has 0 amide bonds. The van der Waals surface area contributed by atoms with E-state index in [0.29, 0.717) is 11.7 Å². The van der Waals surface area contributed by atoms with Crippen molar-refractivity contribution in [2.75, 3.05) is 0 Å². The van der Waals surface area contributed by atoms with Gasteiger partial charge in [0.1, 0.15) is 5.78 Å². The van der Waals surface area contributed by atoms with Crippen LogP contribution in [0.2, 0.25) is 0 Å². The molecule has 0 heterocycles. The predicted octanol–water partition coefficient (Wildman–Crippen LogP) is 2.55. The molecule has 6 atom stereocenters. The van der Waals surface area contributed by atoms with Gasteiger partial charge in [-0.2, -0.15) is 0 Å². The second kappa shape index (κ2) is 5.14. The highest BCUT2D eigenvalue weighted by atomic mass is 16.7. The number of carbonyl (C=O) groups excluding carboxylic acids is 2. The van der Waals surface area contributed by atoms with E-state index < -0.39 is 6.29 Å². The van der Waals surface area contributed by atoms with Gasteiger partial charge in [-0.15, -0.1) is 0 Å². The number of carbonyl (C=O) groups is 2. The zero-order valence-electron chi connectivity index (χ0n) is 12.5. The van der Waals surface area contributed by atoms with E-state index in [4.69, 9.17) is 9.47 Å². The summed E-state index contributed by atoms with van der Waals surface area (Å²) in [6.07, 6.45) is 3.63. The summed E-state index contributed by atoms with van der Waals surface area (Å²) in [6.45, 7) is 5.37. The lowest BCUT2D eigenvalue weighted by atomic mass is 9.54. The molecule has 0 radical (unpaired) electrons. The van der Waals surface area contributed by atoms with Gasteiger partial charge in [0, 0.05) is 11.8 Å². The van der Waals surface area contributed by atoms with Crippen LogP contribution in [-0.2, 0) is 19.1 Å². The molecule has 4 nitrogen and oxygen atoms in total. The second-order valence-corrected chi connectivity index (χ2v) is 7.03. The molecule has 112 valence electrons. The topological polar surface area (TPSA) is 52.6 Å². The van der Waals surface area contributed by atoms with Gasteiger partial charge in [-0.1, -0.05) is 13.8 Å². The Morgan fingerprint density at radius 2 is 1.90 bits per heavy atom. The summed E-state index contributed by atoms with van der Waals surface area (Å²) < 4.78 is 11.2. The summed E-state index contributed by atoms with van der Waals surface area (Å²) in [5, 5.41) is 0. The fraction of sp³-hybridized carbons (Fsp3) is 0.875. The summed E-state index contributed by atoms with van der Waals surface area (Å²) in [5.41, 5.74) is 0. The molecule has 0 aliphatic heterocycles. The van der Waals surface area contributed by atoms with Crippen LogP contribution in [0.1, 0.15) is 46.5 Å². The van der Waals surface area contributed by atoms with Crippen LogP contribution in [0.25, 0.3) is 0 Å². The van der Waals surface area contributed by atoms with Crippen molar-refractivity contribution in [1.29, 1.82) is 0 Å². The number of hydrogen-bond acceptors (Lipinski definition) is 4. The van der Waals surface area contributed by atoms with E-state index in [1.165, 1.54) is 6.42 Å². The van der Waals surface area contributed by atoms with Crippen molar-refractivity contribution in [2.24, 2.45) is 29.6 Å². The summed E-state index contributed by atoms with van der Waals surface area (Å²) in [5.74, 6) is 1.53. The van der Waals surface area contributed by atoms with Crippen LogP contribution >= 0.6 is 0 Å². The van der Waals surface area contributed by atoms with E-state index in [-0.39, 0.29) is 29.8 Å². The monoisotopic (exact) mass is 280 g/mol. The highest BCUT2D eigenvalue weighted by molar-refractivity contribution is 5.86. The highest BCUT2D eigenvalue weighted by Gasteiger charge is 2.54. The molecular weight excluding hydrogens is 256 g/mol. The lowest BCUT2D eigenvalue weighted by Gasteiger charge is -2.53. The Hall–Kier alpha value is -0.900. The maximum Gasteiger partial charge on any atom is 0.310 e. The van der Waals surface area contributed by atoms with Crippen molar-refractivity contribution >= 4 is 11.8 Å². The molecule has 0 N–H and O–H groups in total. The number of hydrogen-bond donors (Lipinski definition) is 0. The molecule has 4 heteroatoms. The molecule has 6 unspecified atom stereocenters. The standard InChI is InChI=1S/C16H24O4/c1-8(2)16(18)20-9(3)19-15-12-5-10-4-11(7-12)14(17)13(15)6-10/h8-13,15H,4-7H2,1-3H3. The third-order valence-corrected chi connectivity index (χ3v) is 5.16. The summed E-state index contributed by atoms with van der Waals surface area (Å²) in [6, 6.07) is 0. The van der Waals surface area contributed by atoms with Crippen molar-refractivity contribution in [3.63, 3.8) is 0 Å². The highest BCUT2D eigenvalue weighted by Crippen LogP contribution is 2.53. The van der Waals surface area contributed by atoms with Crippen LogP contribution in [0.15, 0.2) is 0 Å². The molecule has 4 bridgehead atoms. The molecule has 20 heavy (non-hydrogen) atoms. The van der Waals surface area contributed by atoms with Gasteiger partial charge in [-0.05, 0) is 44.4 Å². The number of rotatable bonds is 4. The first kappa shape index (κ1) is 14.1. The van der Waals surface area contributed by atoms with Crippen LogP contribution in [-0.4, -0.2) is 24.1 Å². The number of esters is 1. The zero-order chi connectivity index (χ0) is 14.4. The Balaban J connectivity index is 1.63. The van der Waals surface area contributed by atoms with E-state index in [9.17, 15) is 9.59 Å². The third-order valence-electron chi connectivity index (χ3n) is 5.16. The second-order valence-electron chi connectivity index (χ2n) is 7.03. The third kappa shape index (κ3) is 2.39. The molecule has 0 aromatic heterocycles.